The van der Waals surface area contributed by atoms with Crippen molar-refractivity contribution in [3.05, 3.63) is 58.1 Å². The van der Waals surface area contributed by atoms with Crippen LogP contribution in [0.15, 0.2) is 46.9 Å². The Kier molecular flexibility index (Phi) is 6.70. The molecule has 0 unspecified atom stereocenters. The van der Waals surface area contributed by atoms with Crippen molar-refractivity contribution in [1.82, 2.24) is 10.6 Å². The fraction of sp³-hybridized carbons (Fsp3) is 0.300. The highest BCUT2D eigenvalue weighted by Crippen LogP contribution is 2.35. The molecular weight excluding hydrogens is 412 g/mol. The first-order valence-corrected chi connectivity index (χ1v) is 9.56. The molecule has 27 heavy (non-hydrogen) atoms. The van der Waals surface area contributed by atoms with E-state index in [0.29, 0.717) is 37.8 Å². The van der Waals surface area contributed by atoms with Gasteiger partial charge in [-0.15, -0.1) is 0 Å². The maximum Gasteiger partial charge on any atom is 0.224 e. The molecule has 0 fully saturated rings. The average molecular weight is 433 g/mol. The Morgan fingerprint density at radius 2 is 1.67 bits per heavy atom. The summed E-state index contributed by atoms with van der Waals surface area (Å²) in [6.45, 7) is 1.80. The minimum absolute atomic E-state index is 0.0975. The third-order valence-corrected chi connectivity index (χ3v) is 4.81. The molecule has 1 heterocycles. The van der Waals surface area contributed by atoms with Crippen LogP contribution in [0.25, 0.3) is 0 Å². The third-order valence-electron chi connectivity index (χ3n) is 4.07. The summed E-state index contributed by atoms with van der Waals surface area (Å²) in [6.07, 6.45) is 0.434. The Labute approximate surface area is 166 Å². The average Bonchev–Trinajstić information content (AvgIpc) is 2.68. The van der Waals surface area contributed by atoms with Crippen molar-refractivity contribution in [2.24, 2.45) is 0 Å². The summed E-state index contributed by atoms with van der Waals surface area (Å²) >= 11 is 3.46. The van der Waals surface area contributed by atoms with Crippen molar-refractivity contribution in [3.8, 4) is 11.5 Å². The molecule has 6 nitrogen and oxygen atoms in total. The highest BCUT2D eigenvalue weighted by atomic mass is 79.9. The first-order chi connectivity index (χ1) is 13.1. The van der Waals surface area contributed by atoms with Gasteiger partial charge in [-0.1, -0.05) is 46.3 Å². The van der Waals surface area contributed by atoms with E-state index in [1.165, 1.54) is 0 Å². The topological polar surface area (TPSA) is 76.7 Å². The number of benzene rings is 2. The fourth-order valence-corrected chi connectivity index (χ4v) is 3.14. The van der Waals surface area contributed by atoms with E-state index in [0.717, 1.165) is 15.6 Å². The molecule has 2 N–H and O–H groups in total. The number of amides is 2. The molecule has 142 valence electrons. The molecule has 0 bridgehead atoms. The lowest BCUT2D eigenvalue weighted by Crippen LogP contribution is -2.31. The van der Waals surface area contributed by atoms with Gasteiger partial charge in [0, 0.05) is 24.0 Å². The van der Waals surface area contributed by atoms with Crippen molar-refractivity contribution in [1.29, 1.82) is 0 Å². The van der Waals surface area contributed by atoms with Gasteiger partial charge in [-0.05, 0) is 23.3 Å². The van der Waals surface area contributed by atoms with Crippen molar-refractivity contribution in [2.75, 3.05) is 19.8 Å². The van der Waals surface area contributed by atoms with Crippen LogP contribution in [-0.4, -0.2) is 31.6 Å². The molecule has 0 aromatic heterocycles. The molecule has 3 rings (SSSR count). The first kappa shape index (κ1) is 19.2. The Morgan fingerprint density at radius 1 is 0.963 bits per heavy atom. The molecule has 0 saturated carbocycles. The molecule has 2 aromatic rings. The van der Waals surface area contributed by atoms with Crippen molar-refractivity contribution in [2.45, 2.75) is 19.4 Å². The van der Waals surface area contributed by atoms with Crippen molar-refractivity contribution >= 4 is 27.7 Å². The molecule has 0 spiro atoms. The van der Waals surface area contributed by atoms with E-state index in [1.54, 1.807) is 0 Å². The van der Waals surface area contributed by atoms with Crippen LogP contribution in [0, 0.1) is 0 Å². The van der Waals surface area contributed by atoms with Crippen LogP contribution in [0.2, 0.25) is 0 Å². The molecule has 7 heteroatoms. The van der Waals surface area contributed by atoms with Crippen LogP contribution in [0.1, 0.15) is 17.5 Å². The number of halogens is 1. The lowest BCUT2D eigenvalue weighted by molar-refractivity contribution is -0.122. The molecular formula is C20H21BrN2O4. The Balaban J connectivity index is 1.41. The Bertz CT molecular complexity index is 811. The monoisotopic (exact) mass is 432 g/mol. The van der Waals surface area contributed by atoms with Gasteiger partial charge >= 0.3 is 0 Å². The zero-order chi connectivity index (χ0) is 19.1. The SMILES string of the molecule is O=C(CCNC(=O)Cc1cc2c(cc1Br)OCCO2)NCc1ccccc1. The van der Waals surface area contributed by atoms with Gasteiger partial charge in [-0.3, -0.25) is 9.59 Å². The fourth-order valence-electron chi connectivity index (χ4n) is 2.68. The van der Waals surface area contributed by atoms with Gasteiger partial charge in [0.1, 0.15) is 13.2 Å². The minimum atomic E-state index is -0.150. The first-order valence-electron chi connectivity index (χ1n) is 8.77. The number of fused-ring (bicyclic) bond motifs is 1. The van der Waals surface area contributed by atoms with Gasteiger partial charge in [0.05, 0.1) is 6.42 Å². The summed E-state index contributed by atoms with van der Waals surface area (Å²) in [7, 11) is 0. The summed E-state index contributed by atoms with van der Waals surface area (Å²) < 4.78 is 11.9. The van der Waals surface area contributed by atoms with E-state index >= 15 is 0 Å². The van der Waals surface area contributed by atoms with E-state index in [1.807, 2.05) is 42.5 Å². The van der Waals surface area contributed by atoms with E-state index in [9.17, 15) is 9.59 Å². The highest BCUT2D eigenvalue weighted by Gasteiger charge is 2.16. The smallest absolute Gasteiger partial charge is 0.224 e. The summed E-state index contributed by atoms with van der Waals surface area (Å²) in [4.78, 5) is 24.0. The second-order valence-electron chi connectivity index (χ2n) is 6.13. The van der Waals surface area contributed by atoms with E-state index in [4.69, 9.17) is 9.47 Å². The molecule has 2 aromatic carbocycles. The number of hydrogen-bond donors (Lipinski definition) is 2. The highest BCUT2D eigenvalue weighted by molar-refractivity contribution is 9.10. The van der Waals surface area contributed by atoms with Crippen molar-refractivity contribution in [3.63, 3.8) is 0 Å². The molecule has 0 saturated heterocycles. The van der Waals surface area contributed by atoms with Crippen LogP contribution < -0.4 is 20.1 Å². The maximum atomic E-state index is 12.2. The van der Waals surface area contributed by atoms with E-state index in [2.05, 4.69) is 26.6 Å². The maximum absolute atomic E-state index is 12.2. The molecule has 0 radical (unpaired) electrons. The molecule has 0 aliphatic carbocycles. The lowest BCUT2D eigenvalue weighted by Gasteiger charge is -2.19. The quantitative estimate of drug-likeness (QED) is 0.704. The predicted molar refractivity (Wildman–Crippen MR) is 105 cm³/mol. The zero-order valence-electron chi connectivity index (χ0n) is 14.8. The molecule has 0 atom stereocenters. The third kappa shape index (κ3) is 5.72. The minimum Gasteiger partial charge on any atom is -0.486 e. The Hall–Kier alpha value is -2.54. The van der Waals surface area contributed by atoms with Gasteiger partial charge in [0.15, 0.2) is 11.5 Å². The number of rotatable bonds is 7. The lowest BCUT2D eigenvalue weighted by atomic mass is 10.1. The van der Waals surface area contributed by atoms with E-state index in [-0.39, 0.29) is 24.7 Å². The second-order valence-corrected chi connectivity index (χ2v) is 6.98. The normalized spacial score (nSPS) is 12.3. The predicted octanol–water partition coefficient (Wildman–Crippen LogP) is 2.59. The largest absolute Gasteiger partial charge is 0.486 e. The number of hydrogen-bond acceptors (Lipinski definition) is 4. The number of carbonyl (C=O) groups is 2. The summed E-state index contributed by atoms with van der Waals surface area (Å²) in [5, 5.41) is 5.61. The van der Waals surface area contributed by atoms with Gasteiger partial charge in [0.2, 0.25) is 11.8 Å². The van der Waals surface area contributed by atoms with Crippen LogP contribution in [0.3, 0.4) is 0 Å². The van der Waals surface area contributed by atoms with Gasteiger partial charge in [-0.2, -0.15) is 0 Å². The number of carbonyl (C=O) groups excluding carboxylic acids is 2. The van der Waals surface area contributed by atoms with Crippen LogP contribution in [0.5, 0.6) is 11.5 Å². The van der Waals surface area contributed by atoms with Gasteiger partial charge < -0.3 is 20.1 Å². The molecule has 2 amide bonds. The van der Waals surface area contributed by atoms with E-state index < -0.39 is 0 Å². The zero-order valence-corrected chi connectivity index (χ0v) is 16.4. The van der Waals surface area contributed by atoms with Crippen LogP contribution in [-0.2, 0) is 22.6 Å². The standard InChI is InChI=1S/C20H21BrN2O4/c21-16-12-18-17(26-8-9-27-18)10-15(16)11-20(25)22-7-6-19(24)23-13-14-4-2-1-3-5-14/h1-5,10,12H,6-9,11,13H2,(H,22,25)(H,23,24). The second kappa shape index (κ2) is 9.41. The summed E-state index contributed by atoms with van der Waals surface area (Å²) in [5.74, 6) is 1.07. The summed E-state index contributed by atoms with van der Waals surface area (Å²) in [5.41, 5.74) is 1.85. The summed E-state index contributed by atoms with van der Waals surface area (Å²) in [6, 6.07) is 13.3. The molecule has 1 aliphatic rings. The van der Waals surface area contributed by atoms with Gasteiger partial charge in [-0.25, -0.2) is 0 Å². The van der Waals surface area contributed by atoms with Gasteiger partial charge in [0.25, 0.3) is 0 Å². The number of ether oxygens (including phenoxy) is 2. The number of nitrogens with one attached hydrogen (secondary N) is 2. The van der Waals surface area contributed by atoms with Crippen LogP contribution in [0.4, 0.5) is 0 Å². The van der Waals surface area contributed by atoms with Crippen molar-refractivity contribution < 1.29 is 19.1 Å². The molecule has 1 aliphatic heterocycles. The van der Waals surface area contributed by atoms with Crippen LogP contribution >= 0.6 is 15.9 Å². The Morgan fingerprint density at radius 3 is 2.41 bits per heavy atom.